The van der Waals surface area contributed by atoms with Crippen LogP contribution in [0.3, 0.4) is 0 Å². The Hall–Kier alpha value is -2.54. The molecular formula is C21H18ClF3N4O3S2. The van der Waals surface area contributed by atoms with E-state index in [9.17, 15) is 26.4 Å². The third-order valence-electron chi connectivity index (χ3n) is 5.25. The summed E-state index contributed by atoms with van der Waals surface area (Å²) in [5.74, 6) is -0.240. The van der Waals surface area contributed by atoms with Crippen LogP contribution in [0.25, 0.3) is 11.3 Å². The van der Waals surface area contributed by atoms with Crippen LogP contribution in [0.4, 0.5) is 13.2 Å². The predicted octanol–water partition coefficient (Wildman–Crippen LogP) is 4.35. The molecule has 1 N–H and O–H groups in total. The summed E-state index contributed by atoms with van der Waals surface area (Å²) in [6.45, 7) is 0.151. The Balaban J connectivity index is 1.44. The van der Waals surface area contributed by atoms with Gasteiger partial charge in [0.2, 0.25) is 5.91 Å². The zero-order chi connectivity index (χ0) is 24.5. The Morgan fingerprint density at radius 1 is 1.18 bits per heavy atom. The molecule has 180 valence electrons. The summed E-state index contributed by atoms with van der Waals surface area (Å²) in [7, 11) is -3.86. The van der Waals surface area contributed by atoms with Crippen molar-refractivity contribution in [3.63, 3.8) is 0 Å². The molecule has 3 heterocycles. The van der Waals surface area contributed by atoms with Gasteiger partial charge in [0.1, 0.15) is 16.1 Å². The molecule has 1 amide bonds. The number of hydrogen-bond donors (Lipinski definition) is 1. The highest BCUT2D eigenvalue weighted by Crippen LogP contribution is 2.32. The van der Waals surface area contributed by atoms with E-state index >= 15 is 0 Å². The average molecular weight is 531 g/mol. The second-order valence-corrected chi connectivity index (χ2v) is 11.3. The minimum absolute atomic E-state index is 0.0669. The van der Waals surface area contributed by atoms with Gasteiger partial charge in [-0.25, -0.2) is 18.4 Å². The summed E-state index contributed by atoms with van der Waals surface area (Å²) in [5.41, 5.74) is 0.0944. The van der Waals surface area contributed by atoms with Crippen LogP contribution in [0.2, 0.25) is 4.34 Å². The van der Waals surface area contributed by atoms with Crippen molar-refractivity contribution in [2.45, 2.75) is 35.8 Å². The fraction of sp³-hybridized carbons (Fsp3) is 0.286. The fourth-order valence-corrected chi connectivity index (χ4v) is 6.87. The van der Waals surface area contributed by atoms with Crippen LogP contribution < -0.4 is 5.32 Å². The molecule has 1 saturated heterocycles. The van der Waals surface area contributed by atoms with Gasteiger partial charge < -0.3 is 5.32 Å². The van der Waals surface area contributed by atoms with Crippen LogP contribution in [0, 0.1) is 0 Å². The normalized spacial score (nSPS) is 17.1. The number of nitrogens with zero attached hydrogens (tertiary/aromatic N) is 3. The third kappa shape index (κ3) is 5.24. The molecule has 1 atom stereocenters. The molecule has 0 saturated carbocycles. The van der Waals surface area contributed by atoms with E-state index in [1.54, 1.807) is 6.07 Å². The summed E-state index contributed by atoms with van der Waals surface area (Å²) < 4.78 is 65.8. The highest BCUT2D eigenvalue weighted by Gasteiger charge is 2.40. The third-order valence-corrected chi connectivity index (χ3v) is 8.86. The van der Waals surface area contributed by atoms with Crippen molar-refractivity contribution < 1.29 is 26.4 Å². The minimum Gasteiger partial charge on any atom is -0.347 e. The minimum atomic E-state index is -4.43. The van der Waals surface area contributed by atoms with E-state index in [2.05, 4.69) is 15.3 Å². The highest BCUT2D eigenvalue weighted by molar-refractivity contribution is 7.91. The number of sulfonamides is 1. The van der Waals surface area contributed by atoms with E-state index < -0.39 is 33.7 Å². The van der Waals surface area contributed by atoms with Crippen molar-refractivity contribution in [1.29, 1.82) is 0 Å². The van der Waals surface area contributed by atoms with Crippen LogP contribution in [-0.4, -0.2) is 41.2 Å². The topological polar surface area (TPSA) is 92.3 Å². The molecule has 0 radical (unpaired) electrons. The quantitative estimate of drug-likeness (QED) is 0.511. The van der Waals surface area contributed by atoms with Crippen LogP contribution >= 0.6 is 22.9 Å². The van der Waals surface area contributed by atoms with E-state index in [0.29, 0.717) is 28.4 Å². The van der Waals surface area contributed by atoms with Gasteiger partial charge in [-0.15, -0.1) is 11.3 Å². The molecule has 1 aromatic carbocycles. The Morgan fingerprint density at radius 3 is 2.56 bits per heavy atom. The van der Waals surface area contributed by atoms with E-state index in [0.717, 1.165) is 23.5 Å². The first-order chi connectivity index (χ1) is 16.1. The summed E-state index contributed by atoms with van der Waals surface area (Å²) in [6, 6.07) is 8.14. The van der Waals surface area contributed by atoms with Gasteiger partial charge in [-0.1, -0.05) is 23.7 Å². The number of hydrogen-bond acceptors (Lipinski definition) is 6. The number of alkyl halides is 3. The van der Waals surface area contributed by atoms with E-state index in [1.807, 2.05) is 0 Å². The zero-order valence-electron chi connectivity index (χ0n) is 17.4. The number of benzene rings is 1. The van der Waals surface area contributed by atoms with E-state index in [1.165, 1.54) is 34.8 Å². The van der Waals surface area contributed by atoms with Crippen LogP contribution in [0.1, 0.15) is 24.2 Å². The maximum absolute atomic E-state index is 12.9. The second-order valence-electron chi connectivity index (χ2n) is 7.48. The number of nitrogens with one attached hydrogen (secondary N) is 1. The molecule has 0 aliphatic carbocycles. The molecule has 1 aliphatic rings. The lowest BCUT2D eigenvalue weighted by atomic mass is 10.1. The number of carbonyl (C=O) groups excluding carboxylic acids is 1. The maximum atomic E-state index is 12.9. The molecule has 1 fully saturated rings. The number of thiophene rings is 1. The van der Waals surface area contributed by atoms with Crippen LogP contribution in [0.15, 0.2) is 52.9 Å². The van der Waals surface area contributed by atoms with Gasteiger partial charge in [0, 0.05) is 18.3 Å². The predicted molar refractivity (Wildman–Crippen MR) is 121 cm³/mol. The summed E-state index contributed by atoms with van der Waals surface area (Å²) in [6.07, 6.45) is -2.09. The fourth-order valence-electron chi connectivity index (χ4n) is 3.60. The Morgan fingerprint density at radius 2 is 1.91 bits per heavy atom. The van der Waals surface area contributed by atoms with Crippen LogP contribution in [-0.2, 0) is 27.5 Å². The highest BCUT2D eigenvalue weighted by atomic mass is 35.5. The zero-order valence-corrected chi connectivity index (χ0v) is 19.8. The van der Waals surface area contributed by atoms with Crippen molar-refractivity contribution >= 4 is 38.9 Å². The Bertz CT molecular complexity index is 1300. The number of rotatable bonds is 6. The molecule has 0 spiro atoms. The summed E-state index contributed by atoms with van der Waals surface area (Å²) >= 11 is 6.80. The number of carbonyl (C=O) groups is 1. The lowest BCUT2D eigenvalue weighted by molar-refractivity contribution is -0.137. The Labute approximate surface area is 202 Å². The lowest BCUT2D eigenvalue weighted by Crippen LogP contribution is -2.45. The van der Waals surface area contributed by atoms with Crippen molar-refractivity contribution in [2.75, 3.05) is 6.54 Å². The molecular weight excluding hydrogens is 513 g/mol. The van der Waals surface area contributed by atoms with Crippen LogP contribution in [0.5, 0.6) is 0 Å². The molecule has 4 rings (SSSR count). The molecule has 13 heteroatoms. The molecule has 34 heavy (non-hydrogen) atoms. The van der Waals surface area contributed by atoms with E-state index in [4.69, 9.17) is 11.6 Å². The van der Waals surface area contributed by atoms with E-state index in [-0.39, 0.29) is 23.1 Å². The smallest absolute Gasteiger partial charge is 0.347 e. The standard InChI is InChI=1S/C21H18ClF3N4O3S2/c22-17-7-8-19(33-17)34(31,32)29-11-1-2-16(29)20(30)27-12-18-26-10-9-15(28-18)13-3-5-14(6-4-13)21(23,24)25/h3-10,16H,1-2,11-12H2,(H,27,30). The number of amides is 1. The molecule has 1 aliphatic heterocycles. The van der Waals surface area contributed by atoms with Gasteiger partial charge in [-0.05, 0) is 43.2 Å². The van der Waals surface area contributed by atoms with Gasteiger partial charge >= 0.3 is 6.18 Å². The molecule has 1 unspecified atom stereocenters. The summed E-state index contributed by atoms with van der Waals surface area (Å²) in [4.78, 5) is 21.2. The Kier molecular flexibility index (Phi) is 6.94. The first kappa shape index (κ1) is 24.6. The van der Waals surface area contributed by atoms with Gasteiger partial charge in [0.05, 0.1) is 22.1 Å². The SMILES string of the molecule is O=C(NCc1nccc(-c2ccc(C(F)(F)F)cc2)n1)C1CCCN1S(=O)(=O)c1ccc(Cl)s1. The largest absolute Gasteiger partial charge is 0.416 e. The van der Waals surface area contributed by atoms with Gasteiger partial charge in [-0.2, -0.15) is 17.5 Å². The van der Waals surface area contributed by atoms with Crippen molar-refractivity contribution in [1.82, 2.24) is 19.6 Å². The second kappa shape index (κ2) is 9.61. The molecule has 2 aromatic heterocycles. The monoisotopic (exact) mass is 530 g/mol. The van der Waals surface area contributed by atoms with Gasteiger partial charge in [0.25, 0.3) is 10.0 Å². The van der Waals surface area contributed by atoms with Gasteiger partial charge in [-0.3, -0.25) is 4.79 Å². The first-order valence-corrected chi connectivity index (χ1v) is 12.7. The van der Waals surface area contributed by atoms with Crippen molar-refractivity contribution in [2.24, 2.45) is 0 Å². The van der Waals surface area contributed by atoms with Crippen molar-refractivity contribution in [3.8, 4) is 11.3 Å². The number of aromatic nitrogens is 2. The van der Waals surface area contributed by atoms with Gasteiger partial charge in [0.15, 0.2) is 0 Å². The lowest BCUT2D eigenvalue weighted by Gasteiger charge is -2.22. The summed E-state index contributed by atoms with van der Waals surface area (Å²) in [5, 5.41) is 2.67. The average Bonchev–Trinajstić information content (AvgIpc) is 3.47. The molecule has 7 nitrogen and oxygen atoms in total. The van der Waals surface area contributed by atoms with Crippen molar-refractivity contribution in [3.05, 3.63) is 64.4 Å². The molecule has 3 aromatic rings. The molecule has 0 bridgehead atoms. The first-order valence-electron chi connectivity index (χ1n) is 10.1. The number of halogens is 4. The maximum Gasteiger partial charge on any atom is 0.416 e.